The Balaban J connectivity index is 0.00000243. The SMILES string of the molecule is CN=C(NCCN1CCN(C(=O)C2CCC2)CC1)N1CCCC(C)C1.I. The number of rotatable bonds is 4. The Morgan fingerprint density at radius 1 is 1.04 bits per heavy atom. The van der Waals surface area contributed by atoms with Gasteiger partial charge in [-0.05, 0) is 31.6 Å². The highest BCUT2D eigenvalue weighted by atomic mass is 127. The van der Waals surface area contributed by atoms with Crippen LogP contribution in [0, 0.1) is 11.8 Å². The molecule has 3 aliphatic rings. The van der Waals surface area contributed by atoms with E-state index in [0.29, 0.717) is 11.8 Å². The highest BCUT2D eigenvalue weighted by Gasteiger charge is 2.31. The van der Waals surface area contributed by atoms with E-state index < -0.39 is 0 Å². The van der Waals surface area contributed by atoms with Gasteiger partial charge in [-0.25, -0.2) is 0 Å². The maximum absolute atomic E-state index is 12.3. The minimum Gasteiger partial charge on any atom is -0.355 e. The van der Waals surface area contributed by atoms with Crippen LogP contribution in [0.3, 0.4) is 0 Å². The van der Waals surface area contributed by atoms with Crippen LogP contribution < -0.4 is 5.32 Å². The van der Waals surface area contributed by atoms with Crippen LogP contribution in [0.15, 0.2) is 4.99 Å². The van der Waals surface area contributed by atoms with E-state index >= 15 is 0 Å². The molecule has 0 radical (unpaired) electrons. The van der Waals surface area contributed by atoms with Crippen LogP contribution in [-0.2, 0) is 4.79 Å². The fourth-order valence-electron chi connectivity index (χ4n) is 4.15. The van der Waals surface area contributed by atoms with Gasteiger partial charge in [-0.1, -0.05) is 13.3 Å². The Kier molecular flexibility index (Phi) is 8.93. The summed E-state index contributed by atoms with van der Waals surface area (Å²) in [6.45, 7) is 10.3. The summed E-state index contributed by atoms with van der Waals surface area (Å²) < 4.78 is 0. The van der Waals surface area contributed by atoms with Crippen molar-refractivity contribution >= 4 is 35.8 Å². The maximum atomic E-state index is 12.3. The van der Waals surface area contributed by atoms with Gasteiger partial charge in [0.2, 0.25) is 5.91 Å². The molecule has 2 heterocycles. The van der Waals surface area contributed by atoms with E-state index in [-0.39, 0.29) is 24.0 Å². The van der Waals surface area contributed by atoms with Gasteiger partial charge in [-0.2, -0.15) is 0 Å². The minimum atomic E-state index is 0. The fourth-order valence-corrected chi connectivity index (χ4v) is 4.15. The van der Waals surface area contributed by atoms with Crippen molar-refractivity contribution in [2.75, 3.05) is 59.4 Å². The lowest BCUT2D eigenvalue weighted by atomic mass is 9.84. The molecule has 3 rings (SSSR count). The molecule has 1 saturated carbocycles. The lowest BCUT2D eigenvalue weighted by Crippen LogP contribution is -2.53. The third kappa shape index (κ3) is 5.71. The monoisotopic (exact) mass is 477 g/mol. The number of carbonyl (C=O) groups excluding carboxylic acids is 1. The molecule has 1 unspecified atom stereocenters. The van der Waals surface area contributed by atoms with E-state index in [1.165, 1.54) is 19.3 Å². The molecule has 3 fully saturated rings. The van der Waals surface area contributed by atoms with Crippen molar-refractivity contribution in [1.82, 2.24) is 20.0 Å². The molecule has 150 valence electrons. The Hall–Kier alpha value is -0.570. The molecule has 0 aromatic carbocycles. The van der Waals surface area contributed by atoms with Crippen LogP contribution in [0.25, 0.3) is 0 Å². The smallest absolute Gasteiger partial charge is 0.225 e. The zero-order valence-corrected chi connectivity index (χ0v) is 18.8. The summed E-state index contributed by atoms with van der Waals surface area (Å²) in [4.78, 5) is 23.7. The maximum Gasteiger partial charge on any atom is 0.225 e. The summed E-state index contributed by atoms with van der Waals surface area (Å²) in [5, 5.41) is 3.53. The molecule has 0 bridgehead atoms. The molecule has 1 N–H and O–H groups in total. The second-order valence-corrected chi connectivity index (χ2v) is 7.96. The molecule has 26 heavy (non-hydrogen) atoms. The van der Waals surface area contributed by atoms with E-state index in [1.54, 1.807) is 0 Å². The number of piperazine rings is 1. The normalized spacial score (nSPS) is 25.5. The minimum absolute atomic E-state index is 0. The first-order chi connectivity index (χ1) is 12.2. The number of guanidine groups is 1. The van der Waals surface area contributed by atoms with Gasteiger partial charge in [0.15, 0.2) is 5.96 Å². The van der Waals surface area contributed by atoms with Gasteiger partial charge in [0.25, 0.3) is 0 Å². The third-order valence-corrected chi connectivity index (χ3v) is 6.02. The van der Waals surface area contributed by atoms with E-state index in [4.69, 9.17) is 0 Å². The van der Waals surface area contributed by atoms with Crippen LogP contribution in [-0.4, -0.2) is 86.0 Å². The lowest BCUT2D eigenvalue weighted by Gasteiger charge is -2.38. The van der Waals surface area contributed by atoms with Gasteiger partial charge in [0, 0.05) is 65.3 Å². The molecule has 0 aromatic rings. The molecule has 2 saturated heterocycles. The van der Waals surface area contributed by atoms with E-state index in [1.807, 2.05) is 7.05 Å². The number of likely N-dealkylation sites (tertiary alicyclic amines) is 1. The molecule has 0 aromatic heterocycles. The number of hydrogen-bond donors (Lipinski definition) is 1. The molecule has 2 aliphatic heterocycles. The molecule has 1 atom stereocenters. The predicted molar refractivity (Wildman–Crippen MR) is 117 cm³/mol. The number of piperidine rings is 1. The second kappa shape index (κ2) is 10.7. The largest absolute Gasteiger partial charge is 0.355 e. The summed E-state index contributed by atoms with van der Waals surface area (Å²) in [6.07, 6.45) is 6.05. The first-order valence-corrected chi connectivity index (χ1v) is 10.1. The first-order valence-electron chi connectivity index (χ1n) is 10.1. The second-order valence-electron chi connectivity index (χ2n) is 7.96. The van der Waals surface area contributed by atoms with Crippen molar-refractivity contribution < 1.29 is 4.79 Å². The van der Waals surface area contributed by atoms with Gasteiger partial charge < -0.3 is 15.1 Å². The number of nitrogens with one attached hydrogen (secondary N) is 1. The third-order valence-electron chi connectivity index (χ3n) is 6.02. The molecule has 7 heteroatoms. The van der Waals surface area contributed by atoms with Crippen LogP contribution in [0.1, 0.15) is 39.0 Å². The Morgan fingerprint density at radius 2 is 1.77 bits per heavy atom. The summed E-state index contributed by atoms with van der Waals surface area (Å²) in [5.74, 6) is 2.55. The van der Waals surface area contributed by atoms with Gasteiger partial charge in [-0.3, -0.25) is 14.7 Å². The highest BCUT2D eigenvalue weighted by Crippen LogP contribution is 2.28. The zero-order valence-electron chi connectivity index (χ0n) is 16.5. The van der Waals surface area contributed by atoms with E-state index in [0.717, 1.165) is 77.1 Å². The summed E-state index contributed by atoms with van der Waals surface area (Å²) in [6, 6.07) is 0. The summed E-state index contributed by atoms with van der Waals surface area (Å²) in [5.41, 5.74) is 0. The average molecular weight is 477 g/mol. The van der Waals surface area contributed by atoms with Crippen molar-refractivity contribution in [3.63, 3.8) is 0 Å². The molecular formula is C19H36IN5O. The van der Waals surface area contributed by atoms with Gasteiger partial charge in [0.1, 0.15) is 0 Å². The fraction of sp³-hybridized carbons (Fsp3) is 0.895. The van der Waals surface area contributed by atoms with Crippen LogP contribution in [0.2, 0.25) is 0 Å². The van der Waals surface area contributed by atoms with Crippen LogP contribution in [0.4, 0.5) is 0 Å². The van der Waals surface area contributed by atoms with Crippen LogP contribution >= 0.6 is 24.0 Å². The van der Waals surface area contributed by atoms with Crippen molar-refractivity contribution in [2.24, 2.45) is 16.8 Å². The topological polar surface area (TPSA) is 51.2 Å². The predicted octanol–water partition coefficient (Wildman–Crippen LogP) is 1.86. The number of amides is 1. The van der Waals surface area contributed by atoms with Gasteiger partial charge >= 0.3 is 0 Å². The van der Waals surface area contributed by atoms with Crippen molar-refractivity contribution in [3.8, 4) is 0 Å². The van der Waals surface area contributed by atoms with Crippen LogP contribution in [0.5, 0.6) is 0 Å². The lowest BCUT2D eigenvalue weighted by molar-refractivity contribution is -0.139. The van der Waals surface area contributed by atoms with Gasteiger partial charge in [-0.15, -0.1) is 24.0 Å². The first kappa shape index (κ1) is 21.7. The molecule has 1 amide bonds. The summed E-state index contributed by atoms with van der Waals surface area (Å²) >= 11 is 0. The standard InChI is InChI=1S/C19H35N5O.HI/c1-16-5-4-9-24(15-16)19(20-2)21-8-10-22-11-13-23(14-12-22)18(25)17-6-3-7-17;/h16-17H,3-15H2,1-2H3,(H,20,21);1H. The number of halogens is 1. The van der Waals surface area contributed by atoms with Crippen molar-refractivity contribution in [2.45, 2.75) is 39.0 Å². The average Bonchev–Trinajstić information content (AvgIpc) is 2.58. The van der Waals surface area contributed by atoms with E-state index in [9.17, 15) is 4.79 Å². The van der Waals surface area contributed by atoms with Gasteiger partial charge in [0.05, 0.1) is 0 Å². The van der Waals surface area contributed by atoms with Crippen molar-refractivity contribution in [3.05, 3.63) is 0 Å². The quantitative estimate of drug-likeness (QED) is 0.382. The summed E-state index contributed by atoms with van der Waals surface area (Å²) in [7, 11) is 1.88. The number of nitrogens with zero attached hydrogens (tertiary/aromatic N) is 4. The molecule has 6 nitrogen and oxygen atoms in total. The van der Waals surface area contributed by atoms with E-state index in [2.05, 4.69) is 31.9 Å². The highest BCUT2D eigenvalue weighted by molar-refractivity contribution is 14.0. The number of hydrogen-bond acceptors (Lipinski definition) is 3. The zero-order chi connectivity index (χ0) is 17.6. The number of carbonyl (C=O) groups is 1. The molecule has 0 spiro atoms. The van der Waals surface area contributed by atoms with Crippen molar-refractivity contribution in [1.29, 1.82) is 0 Å². The molecular weight excluding hydrogens is 441 g/mol. The number of aliphatic imine (C=N–C) groups is 1. The Bertz CT molecular complexity index is 475. The molecule has 1 aliphatic carbocycles. The Labute approximate surface area is 175 Å². The Morgan fingerprint density at radius 3 is 2.35 bits per heavy atom.